The fourth-order valence-corrected chi connectivity index (χ4v) is 3.63. The predicted molar refractivity (Wildman–Crippen MR) is 103 cm³/mol. The first-order valence-electron chi connectivity index (χ1n) is 7.03. The summed E-state index contributed by atoms with van der Waals surface area (Å²) in [5.74, 6) is 0.253. The third-order valence-electron chi connectivity index (χ3n) is 3.34. The molecule has 3 rings (SSSR count). The summed E-state index contributed by atoms with van der Waals surface area (Å²) in [6, 6.07) is 13.9. The van der Waals surface area contributed by atoms with E-state index in [1.807, 2.05) is 49.4 Å². The van der Waals surface area contributed by atoms with Gasteiger partial charge in [-0.3, -0.25) is 4.79 Å². The third kappa shape index (κ3) is 4.00. The van der Waals surface area contributed by atoms with E-state index in [1.54, 1.807) is 6.20 Å². The van der Waals surface area contributed by atoms with Gasteiger partial charge in [0.15, 0.2) is 0 Å². The van der Waals surface area contributed by atoms with Crippen LogP contribution in [0.25, 0.3) is 10.8 Å². The average molecular weight is 435 g/mol. The predicted octanol–water partition coefficient (Wildman–Crippen LogP) is 4.27. The number of hydrogen-bond acceptors (Lipinski definition) is 4. The molecule has 2 aromatic carbocycles. The number of nitrogens with zero attached hydrogens (tertiary/aromatic N) is 2. The van der Waals surface area contributed by atoms with Crippen molar-refractivity contribution in [2.45, 2.75) is 11.9 Å². The van der Waals surface area contributed by atoms with Crippen LogP contribution in [0.1, 0.15) is 5.56 Å². The molecular weight excluding hydrogens is 421 g/mol. The number of benzene rings is 2. The van der Waals surface area contributed by atoms with Crippen molar-refractivity contribution in [1.82, 2.24) is 10.2 Å². The number of halogens is 1. The van der Waals surface area contributed by atoms with E-state index in [0.717, 1.165) is 30.6 Å². The molecule has 0 aliphatic carbocycles. The van der Waals surface area contributed by atoms with Crippen LogP contribution in [-0.4, -0.2) is 21.9 Å². The van der Waals surface area contributed by atoms with Gasteiger partial charge in [-0.2, -0.15) is 5.10 Å². The summed E-state index contributed by atoms with van der Waals surface area (Å²) in [6.45, 7) is 1.99. The Morgan fingerprint density at radius 2 is 2.09 bits per heavy atom. The van der Waals surface area contributed by atoms with Gasteiger partial charge < -0.3 is 5.32 Å². The monoisotopic (exact) mass is 435 g/mol. The van der Waals surface area contributed by atoms with Crippen molar-refractivity contribution < 1.29 is 4.79 Å². The zero-order chi connectivity index (χ0) is 16.2. The Bertz CT molecular complexity index is 864. The van der Waals surface area contributed by atoms with Gasteiger partial charge in [0.05, 0.1) is 11.9 Å². The first-order valence-corrected chi connectivity index (χ1v) is 9.09. The number of hydrogen-bond donors (Lipinski definition) is 1. The van der Waals surface area contributed by atoms with Gasteiger partial charge >= 0.3 is 0 Å². The maximum atomic E-state index is 12.2. The SMILES string of the molecule is Cc1cc(I)ccc1NC(=O)CSc1nncc2ccccc12. The summed E-state index contributed by atoms with van der Waals surface area (Å²) in [6.07, 6.45) is 1.73. The summed E-state index contributed by atoms with van der Waals surface area (Å²) in [5.41, 5.74) is 1.90. The van der Waals surface area contributed by atoms with E-state index < -0.39 is 0 Å². The molecule has 0 spiro atoms. The summed E-state index contributed by atoms with van der Waals surface area (Å²) in [4.78, 5) is 12.2. The number of fused-ring (bicyclic) bond motifs is 1. The number of anilines is 1. The molecule has 0 saturated heterocycles. The van der Waals surface area contributed by atoms with Crippen LogP contribution in [0.15, 0.2) is 53.7 Å². The van der Waals surface area contributed by atoms with Crippen LogP contribution in [0.2, 0.25) is 0 Å². The molecule has 23 heavy (non-hydrogen) atoms. The molecule has 0 aliphatic rings. The van der Waals surface area contributed by atoms with Gasteiger partial charge in [0.25, 0.3) is 0 Å². The zero-order valence-corrected chi connectivity index (χ0v) is 15.4. The molecule has 0 fully saturated rings. The number of rotatable bonds is 4. The molecule has 0 radical (unpaired) electrons. The number of thioether (sulfide) groups is 1. The highest BCUT2D eigenvalue weighted by molar-refractivity contribution is 14.1. The lowest BCUT2D eigenvalue weighted by Crippen LogP contribution is -2.15. The van der Waals surface area contributed by atoms with E-state index in [-0.39, 0.29) is 5.91 Å². The molecule has 6 heteroatoms. The highest BCUT2D eigenvalue weighted by atomic mass is 127. The fraction of sp³-hybridized carbons (Fsp3) is 0.118. The van der Waals surface area contributed by atoms with Crippen LogP contribution in [-0.2, 0) is 4.79 Å². The molecule has 1 amide bonds. The Kier molecular flexibility index (Phi) is 5.12. The molecule has 116 valence electrons. The summed E-state index contributed by atoms with van der Waals surface area (Å²) in [7, 11) is 0. The lowest BCUT2D eigenvalue weighted by molar-refractivity contribution is -0.113. The molecule has 0 atom stereocenters. The number of aryl methyl sites for hydroxylation is 1. The number of carbonyl (C=O) groups is 1. The van der Waals surface area contributed by atoms with E-state index >= 15 is 0 Å². The Hall–Kier alpha value is -1.67. The van der Waals surface area contributed by atoms with E-state index in [2.05, 4.69) is 38.1 Å². The summed E-state index contributed by atoms with van der Waals surface area (Å²) in [5, 5.41) is 13.9. The van der Waals surface area contributed by atoms with E-state index in [4.69, 9.17) is 0 Å². The Labute approximate surface area is 152 Å². The number of amides is 1. The van der Waals surface area contributed by atoms with Crippen LogP contribution in [0.5, 0.6) is 0 Å². The molecular formula is C17H14IN3OS. The van der Waals surface area contributed by atoms with Gasteiger partial charge in [0.2, 0.25) is 5.91 Å². The summed E-state index contributed by atoms with van der Waals surface area (Å²) < 4.78 is 1.15. The van der Waals surface area contributed by atoms with Crippen molar-refractivity contribution in [2.24, 2.45) is 0 Å². The van der Waals surface area contributed by atoms with Crippen LogP contribution in [0.4, 0.5) is 5.69 Å². The van der Waals surface area contributed by atoms with E-state index in [9.17, 15) is 4.79 Å². The minimum Gasteiger partial charge on any atom is -0.325 e. The van der Waals surface area contributed by atoms with Crippen molar-refractivity contribution in [1.29, 1.82) is 0 Å². The topological polar surface area (TPSA) is 54.9 Å². The molecule has 1 heterocycles. The first-order chi connectivity index (χ1) is 11.1. The lowest BCUT2D eigenvalue weighted by atomic mass is 10.2. The van der Waals surface area contributed by atoms with Gasteiger partial charge in [-0.1, -0.05) is 36.0 Å². The third-order valence-corrected chi connectivity index (χ3v) is 4.99. The summed E-state index contributed by atoms with van der Waals surface area (Å²) >= 11 is 3.66. The molecule has 0 bridgehead atoms. The number of nitrogens with one attached hydrogen (secondary N) is 1. The first kappa shape index (κ1) is 16.2. The highest BCUT2D eigenvalue weighted by Gasteiger charge is 2.09. The van der Waals surface area contributed by atoms with Gasteiger partial charge in [-0.15, -0.1) is 5.10 Å². The van der Waals surface area contributed by atoms with Gasteiger partial charge in [0, 0.05) is 20.0 Å². The van der Waals surface area contributed by atoms with Crippen LogP contribution < -0.4 is 5.32 Å². The van der Waals surface area contributed by atoms with Crippen molar-refractivity contribution in [3.8, 4) is 0 Å². The second-order valence-corrected chi connectivity index (χ2v) is 7.24. The standard InChI is InChI=1S/C17H14IN3OS/c1-11-8-13(18)6-7-15(11)20-16(22)10-23-17-14-5-3-2-4-12(14)9-19-21-17/h2-9H,10H2,1H3,(H,20,22). The van der Waals surface area contributed by atoms with Crippen LogP contribution >= 0.6 is 34.4 Å². The molecule has 3 aromatic rings. The molecule has 0 unspecified atom stereocenters. The molecule has 0 aliphatic heterocycles. The van der Waals surface area contributed by atoms with Crippen LogP contribution in [0, 0.1) is 10.5 Å². The Morgan fingerprint density at radius 3 is 2.91 bits per heavy atom. The molecule has 0 saturated carbocycles. The second kappa shape index (κ2) is 7.27. The largest absolute Gasteiger partial charge is 0.325 e. The van der Waals surface area contributed by atoms with E-state index in [1.165, 1.54) is 11.8 Å². The highest BCUT2D eigenvalue weighted by Crippen LogP contribution is 2.25. The second-order valence-electron chi connectivity index (χ2n) is 5.03. The van der Waals surface area contributed by atoms with Crippen molar-refractivity contribution >= 4 is 56.7 Å². The van der Waals surface area contributed by atoms with Gasteiger partial charge in [0.1, 0.15) is 5.03 Å². The fourth-order valence-electron chi connectivity index (χ4n) is 2.20. The average Bonchev–Trinajstić information content (AvgIpc) is 2.55. The quantitative estimate of drug-likeness (QED) is 0.491. The van der Waals surface area contributed by atoms with Crippen molar-refractivity contribution in [2.75, 3.05) is 11.1 Å². The molecule has 4 nitrogen and oxygen atoms in total. The maximum Gasteiger partial charge on any atom is 0.234 e. The van der Waals surface area contributed by atoms with Crippen molar-refractivity contribution in [3.05, 3.63) is 57.8 Å². The van der Waals surface area contributed by atoms with Gasteiger partial charge in [-0.25, -0.2) is 0 Å². The van der Waals surface area contributed by atoms with E-state index in [0.29, 0.717) is 5.75 Å². The molecule has 1 N–H and O–H groups in total. The minimum absolute atomic E-state index is 0.0472. The number of carbonyl (C=O) groups excluding carboxylic acids is 1. The van der Waals surface area contributed by atoms with Gasteiger partial charge in [-0.05, 0) is 53.3 Å². The Balaban J connectivity index is 1.69. The smallest absolute Gasteiger partial charge is 0.234 e. The number of aromatic nitrogens is 2. The normalized spacial score (nSPS) is 10.7. The molecule has 1 aromatic heterocycles. The zero-order valence-electron chi connectivity index (χ0n) is 12.4. The Morgan fingerprint density at radius 1 is 1.26 bits per heavy atom. The maximum absolute atomic E-state index is 12.2. The minimum atomic E-state index is -0.0472. The lowest BCUT2D eigenvalue weighted by Gasteiger charge is -2.09. The van der Waals surface area contributed by atoms with Crippen molar-refractivity contribution in [3.63, 3.8) is 0 Å². The van der Waals surface area contributed by atoms with Crippen LogP contribution in [0.3, 0.4) is 0 Å².